The Bertz CT molecular complexity index is 429. The number of hydrogen-bond acceptors (Lipinski definition) is 3. The van der Waals surface area contributed by atoms with E-state index in [1.807, 2.05) is 32.0 Å². The Morgan fingerprint density at radius 1 is 1.41 bits per heavy atom. The topological polar surface area (TPSA) is 47.6 Å². The highest BCUT2D eigenvalue weighted by Crippen LogP contribution is 2.28. The van der Waals surface area contributed by atoms with Gasteiger partial charge in [0.2, 0.25) is 5.91 Å². The van der Waals surface area contributed by atoms with Crippen molar-refractivity contribution in [2.75, 3.05) is 7.11 Å². The molecule has 0 spiro atoms. The molecule has 4 nitrogen and oxygen atoms in total. The standard InChI is InChI=1S/C13H17NO3/c1-8(2)17-13-11-5-4-10(16-3)6-9(11)7-12(15)14-13/h4-6,8,13H,7H2,1-3H3,(H,14,15). The first-order valence-corrected chi connectivity index (χ1v) is 5.72. The van der Waals surface area contributed by atoms with Crippen molar-refractivity contribution < 1.29 is 14.3 Å². The third-order valence-corrected chi connectivity index (χ3v) is 2.68. The minimum atomic E-state index is -0.350. The second-order valence-electron chi connectivity index (χ2n) is 4.37. The smallest absolute Gasteiger partial charge is 0.226 e. The van der Waals surface area contributed by atoms with E-state index in [1.165, 1.54) is 0 Å². The second kappa shape index (κ2) is 4.75. The van der Waals surface area contributed by atoms with Gasteiger partial charge in [-0.1, -0.05) is 6.07 Å². The van der Waals surface area contributed by atoms with E-state index in [2.05, 4.69) is 5.32 Å². The lowest BCUT2D eigenvalue weighted by molar-refractivity contribution is -0.127. The van der Waals surface area contributed by atoms with Crippen molar-refractivity contribution in [2.45, 2.75) is 32.6 Å². The van der Waals surface area contributed by atoms with Crippen LogP contribution in [-0.4, -0.2) is 19.1 Å². The molecular weight excluding hydrogens is 218 g/mol. The molecule has 1 heterocycles. The number of nitrogens with one attached hydrogen (secondary N) is 1. The summed E-state index contributed by atoms with van der Waals surface area (Å²) < 4.78 is 10.8. The molecule has 0 bridgehead atoms. The van der Waals surface area contributed by atoms with E-state index in [9.17, 15) is 4.79 Å². The molecule has 1 aromatic rings. The molecular formula is C13H17NO3. The van der Waals surface area contributed by atoms with Gasteiger partial charge in [0.15, 0.2) is 6.23 Å². The molecule has 4 heteroatoms. The van der Waals surface area contributed by atoms with Crippen molar-refractivity contribution in [1.82, 2.24) is 5.32 Å². The molecule has 0 fully saturated rings. The van der Waals surface area contributed by atoms with E-state index >= 15 is 0 Å². The Morgan fingerprint density at radius 2 is 2.18 bits per heavy atom. The van der Waals surface area contributed by atoms with Crippen LogP contribution in [0.15, 0.2) is 18.2 Å². The van der Waals surface area contributed by atoms with Gasteiger partial charge >= 0.3 is 0 Å². The van der Waals surface area contributed by atoms with Crippen LogP contribution in [0.25, 0.3) is 0 Å². The number of benzene rings is 1. The first-order chi connectivity index (χ1) is 8.10. The van der Waals surface area contributed by atoms with Crippen molar-refractivity contribution in [3.8, 4) is 5.75 Å². The molecule has 1 aliphatic heterocycles. The van der Waals surface area contributed by atoms with Crippen molar-refractivity contribution in [3.63, 3.8) is 0 Å². The minimum Gasteiger partial charge on any atom is -0.497 e. The molecule has 1 atom stereocenters. The maximum absolute atomic E-state index is 11.6. The summed E-state index contributed by atoms with van der Waals surface area (Å²) in [4.78, 5) is 11.6. The lowest BCUT2D eigenvalue weighted by Crippen LogP contribution is -2.37. The van der Waals surface area contributed by atoms with E-state index in [0.717, 1.165) is 16.9 Å². The van der Waals surface area contributed by atoms with Gasteiger partial charge in [0.05, 0.1) is 19.6 Å². The quantitative estimate of drug-likeness (QED) is 0.869. The van der Waals surface area contributed by atoms with Gasteiger partial charge in [-0.3, -0.25) is 4.79 Å². The highest BCUT2D eigenvalue weighted by Gasteiger charge is 2.25. The number of methoxy groups -OCH3 is 1. The number of ether oxygens (including phenoxy) is 2. The highest BCUT2D eigenvalue weighted by atomic mass is 16.5. The Labute approximate surface area is 101 Å². The number of rotatable bonds is 3. The van der Waals surface area contributed by atoms with E-state index in [0.29, 0.717) is 6.42 Å². The molecule has 0 saturated heterocycles. The minimum absolute atomic E-state index is 0.0172. The first kappa shape index (κ1) is 11.9. The van der Waals surface area contributed by atoms with Gasteiger partial charge in [0.1, 0.15) is 5.75 Å². The van der Waals surface area contributed by atoms with Crippen LogP contribution in [0.2, 0.25) is 0 Å². The fourth-order valence-corrected chi connectivity index (χ4v) is 1.95. The molecule has 1 aliphatic rings. The van der Waals surface area contributed by atoms with Gasteiger partial charge < -0.3 is 14.8 Å². The summed E-state index contributed by atoms with van der Waals surface area (Å²) in [6.07, 6.45) is 0.0929. The van der Waals surface area contributed by atoms with Crippen molar-refractivity contribution in [1.29, 1.82) is 0 Å². The van der Waals surface area contributed by atoms with Crippen LogP contribution in [-0.2, 0) is 16.0 Å². The summed E-state index contributed by atoms with van der Waals surface area (Å²) in [5.74, 6) is 0.748. The second-order valence-corrected chi connectivity index (χ2v) is 4.37. The average Bonchev–Trinajstić information content (AvgIpc) is 2.27. The van der Waals surface area contributed by atoms with Crippen LogP contribution in [0.5, 0.6) is 5.75 Å². The Kier molecular flexibility index (Phi) is 3.33. The molecule has 1 N–H and O–H groups in total. The van der Waals surface area contributed by atoms with Gasteiger partial charge in [0, 0.05) is 5.56 Å². The van der Waals surface area contributed by atoms with Gasteiger partial charge in [-0.25, -0.2) is 0 Å². The molecule has 0 radical (unpaired) electrons. The average molecular weight is 235 g/mol. The maximum atomic E-state index is 11.6. The molecule has 1 amide bonds. The molecule has 17 heavy (non-hydrogen) atoms. The molecule has 0 aromatic heterocycles. The van der Waals surface area contributed by atoms with Crippen LogP contribution in [0.4, 0.5) is 0 Å². The summed E-state index contributed by atoms with van der Waals surface area (Å²) in [6.45, 7) is 3.90. The fraction of sp³-hybridized carbons (Fsp3) is 0.462. The fourth-order valence-electron chi connectivity index (χ4n) is 1.95. The highest BCUT2D eigenvalue weighted by molar-refractivity contribution is 5.81. The monoisotopic (exact) mass is 235 g/mol. The summed E-state index contributed by atoms with van der Waals surface area (Å²) in [5, 5.41) is 2.84. The van der Waals surface area contributed by atoms with Crippen molar-refractivity contribution >= 4 is 5.91 Å². The third kappa shape index (κ3) is 2.58. The summed E-state index contributed by atoms with van der Waals surface area (Å²) in [7, 11) is 1.62. The van der Waals surface area contributed by atoms with E-state index in [-0.39, 0.29) is 18.2 Å². The maximum Gasteiger partial charge on any atom is 0.226 e. The Balaban J connectivity index is 2.33. The molecule has 0 saturated carbocycles. The van der Waals surface area contributed by atoms with Crippen LogP contribution in [0.1, 0.15) is 31.2 Å². The summed E-state index contributed by atoms with van der Waals surface area (Å²) >= 11 is 0. The lowest BCUT2D eigenvalue weighted by atomic mass is 9.98. The Hall–Kier alpha value is -1.55. The number of hydrogen-bond donors (Lipinski definition) is 1. The SMILES string of the molecule is COc1ccc2c(c1)CC(=O)NC2OC(C)C. The van der Waals surface area contributed by atoms with Gasteiger partial charge in [-0.15, -0.1) is 0 Å². The normalized spacial score (nSPS) is 18.8. The molecule has 92 valence electrons. The van der Waals surface area contributed by atoms with Gasteiger partial charge in [-0.05, 0) is 31.5 Å². The molecule has 1 aromatic carbocycles. The molecule has 2 rings (SSSR count). The zero-order chi connectivity index (χ0) is 12.4. The van der Waals surface area contributed by atoms with Crippen molar-refractivity contribution in [3.05, 3.63) is 29.3 Å². The molecule has 0 aliphatic carbocycles. The van der Waals surface area contributed by atoms with E-state index in [4.69, 9.17) is 9.47 Å². The van der Waals surface area contributed by atoms with E-state index in [1.54, 1.807) is 7.11 Å². The van der Waals surface area contributed by atoms with Crippen LogP contribution < -0.4 is 10.1 Å². The van der Waals surface area contributed by atoms with Gasteiger partial charge in [-0.2, -0.15) is 0 Å². The van der Waals surface area contributed by atoms with Crippen LogP contribution >= 0.6 is 0 Å². The zero-order valence-corrected chi connectivity index (χ0v) is 10.3. The van der Waals surface area contributed by atoms with Crippen molar-refractivity contribution in [2.24, 2.45) is 0 Å². The predicted molar refractivity (Wildman–Crippen MR) is 63.8 cm³/mol. The predicted octanol–water partition coefficient (Wildman–Crippen LogP) is 1.79. The van der Waals surface area contributed by atoms with Crippen LogP contribution in [0.3, 0.4) is 0 Å². The third-order valence-electron chi connectivity index (χ3n) is 2.68. The molecule has 1 unspecified atom stereocenters. The lowest BCUT2D eigenvalue weighted by Gasteiger charge is -2.28. The number of carbonyl (C=O) groups is 1. The largest absolute Gasteiger partial charge is 0.497 e. The van der Waals surface area contributed by atoms with Crippen LogP contribution in [0, 0.1) is 0 Å². The first-order valence-electron chi connectivity index (χ1n) is 5.72. The van der Waals surface area contributed by atoms with E-state index < -0.39 is 0 Å². The zero-order valence-electron chi connectivity index (χ0n) is 10.3. The number of carbonyl (C=O) groups excluding carboxylic acids is 1. The summed E-state index contributed by atoms with van der Waals surface area (Å²) in [6, 6.07) is 5.72. The number of amides is 1. The Morgan fingerprint density at radius 3 is 2.82 bits per heavy atom. The number of fused-ring (bicyclic) bond motifs is 1. The summed E-state index contributed by atoms with van der Waals surface area (Å²) in [5.41, 5.74) is 1.98. The van der Waals surface area contributed by atoms with Gasteiger partial charge in [0.25, 0.3) is 0 Å².